The van der Waals surface area contributed by atoms with E-state index in [4.69, 9.17) is 28.7 Å². The second-order valence-corrected chi connectivity index (χ2v) is 12.2. The summed E-state index contributed by atoms with van der Waals surface area (Å²) in [6.07, 6.45) is 4.78. The SMILES string of the molecule is C[C@H]1[C@@H](OCc2cn(-c3ccc(C(=O)N4CCOCC4)cc3)nn2)O[C@@H]2O[C@@]3(C)CC[C@H]4[C@H](C)CC[C@@H]1[C@@]24OO3. The summed E-state index contributed by atoms with van der Waals surface area (Å²) in [4.78, 5) is 26.7. The zero-order valence-corrected chi connectivity index (χ0v) is 23.4. The van der Waals surface area contributed by atoms with Crippen molar-refractivity contribution < 1.29 is 33.5 Å². The third-order valence-electron chi connectivity index (χ3n) is 9.71. The lowest BCUT2D eigenvalue weighted by Crippen LogP contribution is -2.70. The fraction of sp³-hybridized carbons (Fsp3) is 0.690. The molecule has 0 radical (unpaired) electrons. The summed E-state index contributed by atoms with van der Waals surface area (Å²) in [6.45, 7) is 9.05. The van der Waals surface area contributed by atoms with Crippen LogP contribution in [0.1, 0.15) is 62.5 Å². The Bertz CT molecular complexity index is 1230. The van der Waals surface area contributed by atoms with E-state index in [1.54, 1.807) is 4.68 Å². The summed E-state index contributed by atoms with van der Waals surface area (Å²) in [5, 5.41) is 8.60. The van der Waals surface area contributed by atoms with Gasteiger partial charge in [-0.2, -0.15) is 0 Å². The van der Waals surface area contributed by atoms with Crippen LogP contribution in [0.2, 0.25) is 0 Å². The summed E-state index contributed by atoms with van der Waals surface area (Å²) in [5.74, 6) is 0.331. The first-order valence-corrected chi connectivity index (χ1v) is 14.6. The van der Waals surface area contributed by atoms with Crippen LogP contribution in [0.15, 0.2) is 30.5 Å². The van der Waals surface area contributed by atoms with E-state index in [1.807, 2.05) is 42.3 Å². The maximum absolute atomic E-state index is 12.7. The first-order valence-electron chi connectivity index (χ1n) is 14.6. The van der Waals surface area contributed by atoms with Crippen molar-refractivity contribution in [3.8, 4) is 5.69 Å². The first kappa shape index (κ1) is 26.5. The molecule has 2 bridgehead atoms. The number of morpholine rings is 1. The summed E-state index contributed by atoms with van der Waals surface area (Å²) < 4.78 is 26.3. The van der Waals surface area contributed by atoms with E-state index in [0.717, 1.165) is 31.4 Å². The monoisotopic (exact) mass is 554 g/mol. The number of amides is 1. The number of carbonyl (C=O) groups excluding carboxylic acids is 1. The highest BCUT2D eigenvalue weighted by Gasteiger charge is 2.69. The fourth-order valence-electron chi connectivity index (χ4n) is 7.43. The van der Waals surface area contributed by atoms with Crippen molar-refractivity contribution in [2.75, 3.05) is 26.3 Å². The molecular formula is C29H38N4O7. The number of aromatic nitrogens is 3. The second-order valence-electron chi connectivity index (χ2n) is 12.2. The first-order chi connectivity index (χ1) is 19.4. The van der Waals surface area contributed by atoms with E-state index >= 15 is 0 Å². The molecule has 2 aromatic rings. The molecule has 1 amide bonds. The molecule has 8 atom stereocenters. The third-order valence-corrected chi connectivity index (χ3v) is 9.71. The average molecular weight is 555 g/mol. The Morgan fingerprint density at radius 1 is 1.07 bits per heavy atom. The predicted octanol–water partition coefficient (Wildman–Crippen LogP) is 3.46. The molecule has 0 unspecified atom stereocenters. The molecule has 11 heteroatoms. The second kappa shape index (κ2) is 10.1. The van der Waals surface area contributed by atoms with Crippen molar-refractivity contribution >= 4 is 5.91 Å². The van der Waals surface area contributed by atoms with Gasteiger partial charge < -0.3 is 23.8 Å². The molecule has 5 saturated heterocycles. The number of fused-ring (bicyclic) bond motifs is 2. The molecule has 11 nitrogen and oxygen atoms in total. The topological polar surface area (TPSA) is 106 Å². The number of ether oxygens (including phenoxy) is 4. The highest BCUT2D eigenvalue weighted by molar-refractivity contribution is 5.94. The zero-order valence-electron chi connectivity index (χ0n) is 23.4. The number of hydrogen-bond donors (Lipinski definition) is 0. The molecule has 6 fully saturated rings. The van der Waals surface area contributed by atoms with Gasteiger partial charge in [-0.15, -0.1) is 5.10 Å². The quantitative estimate of drug-likeness (QED) is 0.514. The minimum atomic E-state index is -0.812. The van der Waals surface area contributed by atoms with Crippen molar-refractivity contribution in [2.24, 2.45) is 23.7 Å². The summed E-state index contributed by atoms with van der Waals surface area (Å²) in [6, 6.07) is 7.40. The summed E-state index contributed by atoms with van der Waals surface area (Å²) in [7, 11) is 0. The van der Waals surface area contributed by atoms with Crippen LogP contribution in [0.25, 0.3) is 5.69 Å². The molecule has 8 rings (SSSR count). The molecule has 216 valence electrons. The van der Waals surface area contributed by atoms with E-state index in [-0.39, 0.29) is 24.3 Å². The Labute approximate surface area is 233 Å². The van der Waals surface area contributed by atoms with Crippen LogP contribution in [-0.4, -0.2) is 76.1 Å². The van der Waals surface area contributed by atoms with Crippen molar-refractivity contribution in [2.45, 2.75) is 77.0 Å². The Morgan fingerprint density at radius 3 is 2.67 bits per heavy atom. The van der Waals surface area contributed by atoms with Crippen LogP contribution < -0.4 is 0 Å². The molecule has 1 spiro atoms. The van der Waals surface area contributed by atoms with Crippen molar-refractivity contribution in [3.05, 3.63) is 41.7 Å². The summed E-state index contributed by atoms with van der Waals surface area (Å²) in [5.41, 5.74) is 1.55. The van der Waals surface area contributed by atoms with E-state index < -0.39 is 24.0 Å². The average Bonchev–Trinajstić information content (AvgIpc) is 3.34. The lowest BCUT2D eigenvalue weighted by molar-refractivity contribution is -0.577. The molecule has 0 N–H and O–H groups in total. The van der Waals surface area contributed by atoms with Gasteiger partial charge in [0, 0.05) is 36.9 Å². The van der Waals surface area contributed by atoms with Gasteiger partial charge in [-0.1, -0.05) is 19.1 Å². The van der Waals surface area contributed by atoms with Gasteiger partial charge in [0.05, 0.1) is 31.7 Å². The third kappa shape index (κ3) is 4.38. The standard InChI is InChI=1S/C29H38N4O7/c1-18-4-9-24-19(2)26(37-27-29(24)23(18)10-11-28(3,38-27)39-40-29)36-17-21-16-33(31-30-21)22-7-5-20(6-8-22)25(34)32-12-14-35-15-13-32/h5-8,16,18-19,23-24,26-27H,4,9-15,17H2,1-3H3/t18-,19-,23+,24+,26+,27-,28-,29-/m1/s1. The summed E-state index contributed by atoms with van der Waals surface area (Å²) >= 11 is 0. The minimum Gasteiger partial charge on any atom is -0.378 e. The van der Waals surface area contributed by atoms with Gasteiger partial charge >= 0.3 is 0 Å². The lowest BCUT2D eigenvalue weighted by Gasteiger charge is -2.60. The van der Waals surface area contributed by atoms with Crippen LogP contribution in [-0.2, 0) is 35.3 Å². The number of nitrogens with zero attached hydrogens (tertiary/aromatic N) is 4. The van der Waals surface area contributed by atoms with E-state index in [0.29, 0.717) is 49.4 Å². The van der Waals surface area contributed by atoms with Crippen LogP contribution in [0.5, 0.6) is 0 Å². The molecule has 1 aromatic heterocycles. The van der Waals surface area contributed by atoms with Crippen LogP contribution in [0, 0.1) is 23.7 Å². The predicted molar refractivity (Wildman–Crippen MR) is 140 cm³/mol. The van der Waals surface area contributed by atoms with Gasteiger partial charge in [0.15, 0.2) is 18.2 Å². The highest BCUT2D eigenvalue weighted by Crippen LogP contribution is 2.60. The molecule has 6 heterocycles. The molecule has 1 aliphatic carbocycles. The molecule has 6 aliphatic rings. The largest absolute Gasteiger partial charge is 0.378 e. The molecule has 40 heavy (non-hydrogen) atoms. The molecule has 5 aliphatic heterocycles. The van der Waals surface area contributed by atoms with Crippen LogP contribution >= 0.6 is 0 Å². The highest BCUT2D eigenvalue weighted by atomic mass is 17.3. The van der Waals surface area contributed by atoms with Crippen molar-refractivity contribution in [1.29, 1.82) is 0 Å². The number of carbonyl (C=O) groups is 1. The Balaban J connectivity index is 1.02. The van der Waals surface area contributed by atoms with E-state index in [1.165, 1.54) is 0 Å². The van der Waals surface area contributed by atoms with E-state index in [9.17, 15) is 4.79 Å². The smallest absolute Gasteiger partial charge is 0.254 e. The van der Waals surface area contributed by atoms with Gasteiger partial charge in [-0.05, 0) is 62.3 Å². The Morgan fingerprint density at radius 2 is 1.88 bits per heavy atom. The van der Waals surface area contributed by atoms with Gasteiger partial charge in [0.25, 0.3) is 5.91 Å². The van der Waals surface area contributed by atoms with Crippen molar-refractivity contribution in [1.82, 2.24) is 19.9 Å². The van der Waals surface area contributed by atoms with Crippen LogP contribution in [0.3, 0.4) is 0 Å². The van der Waals surface area contributed by atoms with Gasteiger partial charge in [0.1, 0.15) is 5.69 Å². The number of benzene rings is 1. The maximum Gasteiger partial charge on any atom is 0.254 e. The van der Waals surface area contributed by atoms with Gasteiger partial charge in [0.2, 0.25) is 5.79 Å². The maximum atomic E-state index is 12.7. The lowest BCUT2D eigenvalue weighted by atomic mass is 9.58. The zero-order chi connectivity index (χ0) is 27.5. The minimum absolute atomic E-state index is 0.0153. The number of hydrogen-bond acceptors (Lipinski definition) is 9. The Hall–Kier alpha value is -2.41. The molecular weight excluding hydrogens is 516 g/mol. The van der Waals surface area contributed by atoms with Gasteiger partial charge in [-0.3, -0.25) is 4.79 Å². The van der Waals surface area contributed by atoms with Gasteiger partial charge in [-0.25, -0.2) is 14.5 Å². The van der Waals surface area contributed by atoms with Crippen LogP contribution in [0.4, 0.5) is 0 Å². The van der Waals surface area contributed by atoms with Crippen molar-refractivity contribution in [3.63, 3.8) is 0 Å². The molecule has 1 aromatic carbocycles. The Kier molecular flexibility index (Phi) is 6.72. The normalized spacial score (nSPS) is 39.0. The number of rotatable bonds is 5. The van der Waals surface area contributed by atoms with E-state index in [2.05, 4.69) is 24.2 Å². The fourth-order valence-corrected chi connectivity index (χ4v) is 7.43. The molecule has 1 saturated carbocycles.